The van der Waals surface area contributed by atoms with Crippen molar-refractivity contribution in [2.24, 2.45) is 0 Å². The van der Waals surface area contributed by atoms with Gasteiger partial charge in [-0.15, -0.1) is 0 Å². The zero-order valence-electron chi connectivity index (χ0n) is 18.0. The summed E-state index contributed by atoms with van der Waals surface area (Å²) in [7, 11) is 0. The molecule has 0 radical (unpaired) electrons. The normalized spacial score (nSPS) is 10.9. The van der Waals surface area contributed by atoms with Crippen LogP contribution in [0.25, 0.3) is 11.4 Å². The van der Waals surface area contributed by atoms with E-state index < -0.39 is 0 Å². The van der Waals surface area contributed by atoms with Gasteiger partial charge in [0.2, 0.25) is 0 Å². The predicted molar refractivity (Wildman–Crippen MR) is 119 cm³/mol. The van der Waals surface area contributed by atoms with Crippen molar-refractivity contribution in [1.29, 1.82) is 0 Å². The molecule has 0 amide bonds. The van der Waals surface area contributed by atoms with Gasteiger partial charge in [-0.25, -0.2) is 9.97 Å². The molecule has 0 aliphatic heterocycles. The monoisotopic (exact) mass is 382 g/mol. The van der Waals surface area contributed by atoms with Crippen molar-refractivity contribution in [3.63, 3.8) is 0 Å². The molecule has 3 heteroatoms. The number of nitrogens with zero attached hydrogens (tertiary/aromatic N) is 2. The molecule has 0 aliphatic carbocycles. The van der Waals surface area contributed by atoms with E-state index in [0.29, 0.717) is 0 Å². The molecule has 1 aromatic carbocycles. The number of aromatic nitrogens is 2. The van der Waals surface area contributed by atoms with Crippen LogP contribution in [-0.2, 0) is 6.42 Å². The Hall–Kier alpha value is -1.90. The maximum absolute atomic E-state index is 5.85. The standard InChI is InChI=1S/C25H38N2O/c1-3-5-7-9-11-13-19-28-24-17-15-23(16-18-24)25-26-20-22(21-27-25)14-12-10-8-6-4-2/h15-18,20-21H,3-14,19H2,1-2H3. The first-order valence-corrected chi connectivity index (χ1v) is 11.4. The van der Waals surface area contributed by atoms with Gasteiger partial charge in [0.1, 0.15) is 5.75 Å². The van der Waals surface area contributed by atoms with Crippen LogP contribution >= 0.6 is 0 Å². The lowest BCUT2D eigenvalue weighted by molar-refractivity contribution is 0.304. The van der Waals surface area contributed by atoms with Crippen LogP contribution in [0.2, 0.25) is 0 Å². The van der Waals surface area contributed by atoms with Crippen LogP contribution in [0.1, 0.15) is 90.0 Å². The van der Waals surface area contributed by atoms with Crippen molar-refractivity contribution in [3.05, 3.63) is 42.2 Å². The molecule has 0 unspecified atom stereocenters. The zero-order chi connectivity index (χ0) is 19.9. The van der Waals surface area contributed by atoms with Gasteiger partial charge in [0.25, 0.3) is 0 Å². The van der Waals surface area contributed by atoms with E-state index in [1.54, 1.807) is 0 Å². The van der Waals surface area contributed by atoms with Gasteiger partial charge in [0.05, 0.1) is 6.61 Å². The fourth-order valence-corrected chi connectivity index (χ4v) is 3.34. The summed E-state index contributed by atoms with van der Waals surface area (Å²) in [5.41, 5.74) is 2.28. The van der Waals surface area contributed by atoms with E-state index in [9.17, 15) is 0 Å². The SMILES string of the molecule is CCCCCCCCOc1ccc(-c2ncc(CCCCCCC)cn2)cc1. The predicted octanol–water partition coefficient (Wildman–Crippen LogP) is 7.40. The van der Waals surface area contributed by atoms with Gasteiger partial charge in [-0.05, 0) is 49.1 Å². The molecule has 2 aromatic rings. The van der Waals surface area contributed by atoms with Gasteiger partial charge >= 0.3 is 0 Å². The highest BCUT2D eigenvalue weighted by Crippen LogP contribution is 2.20. The summed E-state index contributed by atoms with van der Waals surface area (Å²) in [6, 6.07) is 8.15. The maximum atomic E-state index is 5.85. The molecule has 1 heterocycles. The van der Waals surface area contributed by atoms with Crippen molar-refractivity contribution in [2.75, 3.05) is 6.61 Å². The second-order valence-electron chi connectivity index (χ2n) is 7.72. The molecule has 154 valence electrons. The van der Waals surface area contributed by atoms with Gasteiger partial charge in [-0.2, -0.15) is 0 Å². The Morgan fingerprint density at radius 1 is 0.679 bits per heavy atom. The van der Waals surface area contributed by atoms with Crippen molar-refractivity contribution in [2.45, 2.75) is 90.9 Å². The fraction of sp³-hybridized carbons (Fsp3) is 0.600. The third-order valence-corrected chi connectivity index (χ3v) is 5.15. The first-order chi connectivity index (χ1) is 13.8. The molecule has 0 saturated carbocycles. The van der Waals surface area contributed by atoms with E-state index in [1.165, 1.54) is 69.8 Å². The highest BCUT2D eigenvalue weighted by Gasteiger charge is 2.03. The minimum atomic E-state index is 0.789. The van der Waals surface area contributed by atoms with Crippen LogP contribution in [-0.4, -0.2) is 16.6 Å². The first-order valence-electron chi connectivity index (χ1n) is 11.4. The van der Waals surface area contributed by atoms with E-state index >= 15 is 0 Å². The molecule has 3 nitrogen and oxygen atoms in total. The second kappa shape index (κ2) is 14.1. The molecule has 0 saturated heterocycles. The van der Waals surface area contributed by atoms with Crippen LogP contribution in [0, 0.1) is 0 Å². The third kappa shape index (κ3) is 8.86. The number of aryl methyl sites for hydroxylation is 1. The van der Waals surface area contributed by atoms with E-state index in [0.717, 1.165) is 36.6 Å². The molecule has 0 N–H and O–H groups in total. The molecule has 0 bridgehead atoms. The molecule has 0 fully saturated rings. The highest BCUT2D eigenvalue weighted by atomic mass is 16.5. The Bertz CT molecular complexity index is 622. The lowest BCUT2D eigenvalue weighted by atomic mass is 10.1. The van der Waals surface area contributed by atoms with Crippen LogP contribution in [0.4, 0.5) is 0 Å². The topological polar surface area (TPSA) is 35.0 Å². The van der Waals surface area contributed by atoms with Gasteiger partial charge in [0, 0.05) is 18.0 Å². The van der Waals surface area contributed by atoms with Crippen LogP contribution in [0.3, 0.4) is 0 Å². The summed E-state index contributed by atoms with van der Waals surface area (Å²) in [5.74, 6) is 1.72. The maximum Gasteiger partial charge on any atom is 0.159 e. The summed E-state index contributed by atoms with van der Waals surface area (Å²) >= 11 is 0. The lowest BCUT2D eigenvalue weighted by Crippen LogP contribution is -1.97. The highest BCUT2D eigenvalue weighted by molar-refractivity contribution is 5.55. The van der Waals surface area contributed by atoms with Crippen LogP contribution in [0.5, 0.6) is 5.75 Å². The summed E-state index contributed by atoms with van der Waals surface area (Å²) < 4.78 is 5.85. The van der Waals surface area contributed by atoms with Crippen molar-refractivity contribution in [3.8, 4) is 17.1 Å². The van der Waals surface area contributed by atoms with Crippen molar-refractivity contribution in [1.82, 2.24) is 9.97 Å². The summed E-state index contributed by atoms with van der Waals surface area (Å²) in [6.45, 7) is 5.30. The number of hydrogen-bond donors (Lipinski definition) is 0. The molecular formula is C25H38N2O. The molecule has 28 heavy (non-hydrogen) atoms. The molecular weight excluding hydrogens is 344 g/mol. The molecule has 1 aromatic heterocycles. The average Bonchev–Trinajstić information content (AvgIpc) is 2.74. The number of rotatable bonds is 15. The van der Waals surface area contributed by atoms with Gasteiger partial charge in [-0.1, -0.05) is 71.6 Å². The molecule has 0 aliphatic rings. The lowest BCUT2D eigenvalue weighted by Gasteiger charge is -2.07. The Labute approximate surface area is 172 Å². The Balaban J connectivity index is 1.70. The van der Waals surface area contributed by atoms with E-state index in [1.807, 2.05) is 24.5 Å². The van der Waals surface area contributed by atoms with E-state index in [4.69, 9.17) is 4.74 Å². The minimum absolute atomic E-state index is 0.789. The van der Waals surface area contributed by atoms with Crippen LogP contribution < -0.4 is 4.74 Å². The summed E-state index contributed by atoms with van der Waals surface area (Å²) in [5, 5.41) is 0. The summed E-state index contributed by atoms with van der Waals surface area (Å²) in [4.78, 5) is 9.11. The van der Waals surface area contributed by atoms with E-state index in [-0.39, 0.29) is 0 Å². The summed E-state index contributed by atoms with van der Waals surface area (Å²) in [6.07, 6.45) is 19.3. The van der Waals surface area contributed by atoms with E-state index in [2.05, 4.69) is 35.9 Å². The Morgan fingerprint density at radius 3 is 1.89 bits per heavy atom. The minimum Gasteiger partial charge on any atom is -0.494 e. The number of hydrogen-bond acceptors (Lipinski definition) is 3. The largest absolute Gasteiger partial charge is 0.494 e. The van der Waals surface area contributed by atoms with Gasteiger partial charge in [0.15, 0.2) is 5.82 Å². The van der Waals surface area contributed by atoms with Crippen molar-refractivity contribution >= 4 is 0 Å². The number of ether oxygens (including phenoxy) is 1. The first kappa shape index (κ1) is 22.4. The van der Waals surface area contributed by atoms with Crippen molar-refractivity contribution < 1.29 is 4.74 Å². The van der Waals surface area contributed by atoms with Gasteiger partial charge in [-0.3, -0.25) is 0 Å². The zero-order valence-corrected chi connectivity index (χ0v) is 18.0. The van der Waals surface area contributed by atoms with Gasteiger partial charge < -0.3 is 4.74 Å². The smallest absolute Gasteiger partial charge is 0.159 e. The second-order valence-corrected chi connectivity index (χ2v) is 7.72. The fourth-order valence-electron chi connectivity index (χ4n) is 3.34. The molecule has 0 atom stereocenters. The number of unbranched alkanes of at least 4 members (excludes halogenated alkanes) is 9. The Kier molecular flexibility index (Phi) is 11.3. The average molecular weight is 383 g/mol. The Morgan fingerprint density at radius 2 is 1.25 bits per heavy atom. The third-order valence-electron chi connectivity index (χ3n) is 5.15. The molecule has 2 rings (SSSR count). The molecule has 0 spiro atoms. The quantitative estimate of drug-likeness (QED) is 0.301. The number of benzene rings is 1. The van der Waals surface area contributed by atoms with Crippen LogP contribution in [0.15, 0.2) is 36.7 Å².